The Morgan fingerprint density at radius 3 is 2.54 bits per heavy atom. The molecule has 0 spiro atoms. The number of ether oxygens (including phenoxy) is 1. The van der Waals surface area contributed by atoms with Gasteiger partial charge in [-0.05, 0) is 44.1 Å². The maximum absolute atomic E-state index is 12.7. The maximum atomic E-state index is 12.7. The van der Waals surface area contributed by atoms with Crippen LogP contribution in [-0.2, 0) is 16.1 Å². The fourth-order valence-corrected chi connectivity index (χ4v) is 4.07. The number of nitrogens with zero attached hydrogens (tertiary/aromatic N) is 3. The highest BCUT2D eigenvalue weighted by atomic mass is 16.5. The van der Waals surface area contributed by atoms with E-state index in [-0.39, 0.29) is 5.91 Å². The average molecular weight is 361 g/mol. The second-order valence-corrected chi connectivity index (χ2v) is 7.73. The SMILES string of the molecule is COCCCn1c(C)c(C)c(C#N)c1NC(=O)CN1C[C@H](C)C[C@H](C)C1. The summed E-state index contributed by atoms with van der Waals surface area (Å²) in [6.45, 7) is 12.1. The molecular formula is C20H32N4O2. The minimum atomic E-state index is -0.0479. The van der Waals surface area contributed by atoms with E-state index in [2.05, 4.69) is 30.1 Å². The molecule has 1 aromatic heterocycles. The van der Waals surface area contributed by atoms with Gasteiger partial charge in [-0.2, -0.15) is 5.26 Å². The van der Waals surface area contributed by atoms with E-state index in [0.29, 0.717) is 36.4 Å². The molecule has 0 bridgehead atoms. The summed E-state index contributed by atoms with van der Waals surface area (Å²) in [4.78, 5) is 14.9. The van der Waals surface area contributed by atoms with E-state index in [0.717, 1.165) is 37.3 Å². The molecule has 1 aromatic rings. The van der Waals surface area contributed by atoms with Gasteiger partial charge in [0.05, 0.1) is 12.1 Å². The van der Waals surface area contributed by atoms with E-state index < -0.39 is 0 Å². The molecule has 6 nitrogen and oxygen atoms in total. The van der Waals surface area contributed by atoms with Crippen LogP contribution in [0, 0.1) is 37.0 Å². The topological polar surface area (TPSA) is 70.3 Å². The number of aromatic nitrogens is 1. The minimum absolute atomic E-state index is 0.0479. The van der Waals surface area contributed by atoms with Crippen LogP contribution >= 0.6 is 0 Å². The standard InChI is InChI=1S/C20H32N4O2/c1-14-9-15(2)12-23(11-14)13-19(25)22-20-18(10-21)16(3)17(4)24(20)7-6-8-26-5/h14-15H,6-9,11-13H2,1-5H3,(H,22,25)/t14-,15+. The van der Waals surface area contributed by atoms with Gasteiger partial charge in [0, 0.05) is 39.0 Å². The molecule has 0 aromatic carbocycles. The van der Waals surface area contributed by atoms with Gasteiger partial charge in [-0.3, -0.25) is 9.69 Å². The molecule has 0 saturated carbocycles. The van der Waals surface area contributed by atoms with Crippen molar-refractivity contribution in [3.63, 3.8) is 0 Å². The van der Waals surface area contributed by atoms with E-state index in [9.17, 15) is 10.1 Å². The van der Waals surface area contributed by atoms with Crippen molar-refractivity contribution in [3.8, 4) is 6.07 Å². The summed E-state index contributed by atoms with van der Waals surface area (Å²) < 4.78 is 7.17. The number of carbonyl (C=O) groups is 1. The molecule has 1 aliphatic heterocycles. The molecule has 0 unspecified atom stereocenters. The van der Waals surface area contributed by atoms with Crippen molar-refractivity contribution in [2.24, 2.45) is 11.8 Å². The second kappa shape index (κ2) is 9.20. The monoisotopic (exact) mass is 360 g/mol. The largest absolute Gasteiger partial charge is 0.385 e. The molecule has 1 saturated heterocycles. The summed E-state index contributed by atoms with van der Waals surface area (Å²) in [5, 5.41) is 12.6. The summed E-state index contributed by atoms with van der Waals surface area (Å²) in [7, 11) is 1.68. The lowest BCUT2D eigenvalue weighted by molar-refractivity contribution is -0.117. The first-order valence-corrected chi connectivity index (χ1v) is 9.48. The molecule has 2 atom stereocenters. The van der Waals surface area contributed by atoms with Crippen LogP contribution in [0.5, 0.6) is 0 Å². The fourth-order valence-electron chi connectivity index (χ4n) is 4.07. The van der Waals surface area contributed by atoms with Crippen LogP contribution in [0.2, 0.25) is 0 Å². The molecule has 26 heavy (non-hydrogen) atoms. The molecule has 1 N–H and O–H groups in total. The van der Waals surface area contributed by atoms with Gasteiger partial charge in [0.1, 0.15) is 11.9 Å². The predicted octanol–water partition coefficient (Wildman–Crippen LogP) is 2.93. The third kappa shape index (κ3) is 4.87. The van der Waals surface area contributed by atoms with E-state index in [1.54, 1.807) is 7.11 Å². The summed E-state index contributed by atoms with van der Waals surface area (Å²) in [5.74, 6) is 1.81. The maximum Gasteiger partial charge on any atom is 0.239 e. The van der Waals surface area contributed by atoms with Gasteiger partial charge in [0.2, 0.25) is 5.91 Å². The summed E-state index contributed by atoms with van der Waals surface area (Å²) >= 11 is 0. The van der Waals surface area contributed by atoms with Crippen molar-refractivity contribution in [2.75, 3.05) is 38.7 Å². The van der Waals surface area contributed by atoms with Crippen LogP contribution in [0.4, 0.5) is 5.82 Å². The molecule has 6 heteroatoms. The Kier molecular flexibility index (Phi) is 7.24. The smallest absolute Gasteiger partial charge is 0.239 e. The molecule has 144 valence electrons. The number of hydrogen-bond donors (Lipinski definition) is 1. The zero-order chi connectivity index (χ0) is 19.3. The van der Waals surface area contributed by atoms with Crippen molar-refractivity contribution in [2.45, 2.75) is 47.1 Å². The number of likely N-dealkylation sites (tertiary alicyclic amines) is 1. The molecule has 2 heterocycles. The number of amides is 1. The van der Waals surface area contributed by atoms with Gasteiger partial charge < -0.3 is 14.6 Å². The number of rotatable bonds is 7. The second-order valence-electron chi connectivity index (χ2n) is 7.73. The van der Waals surface area contributed by atoms with E-state index in [1.165, 1.54) is 6.42 Å². The minimum Gasteiger partial charge on any atom is -0.385 e. The average Bonchev–Trinajstić information content (AvgIpc) is 2.78. The quantitative estimate of drug-likeness (QED) is 0.759. The highest BCUT2D eigenvalue weighted by molar-refractivity contribution is 5.93. The Balaban J connectivity index is 2.12. The van der Waals surface area contributed by atoms with E-state index in [4.69, 9.17) is 4.74 Å². The molecule has 1 aliphatic rings. The predicted molar refractivity (Wildman–Crippen MR) is 103 cm³/mol. The highest BCUT2D eigenvalue weighted by Crippen LogP contribution is 2.27. The van der Waals surface area contributed by atoms with Gasteiger partial charge >= 0.3 is 0 Å². The van der Waals surface area contributed by atoms with Crippen molar-refractivity contribution >= 4 is 11.7 Å². The highest BCUT2D eigenvalue weighted by Gasteiger charge is 2.25. The first-order chi connectivity index (χ1) is 12.4. The number of nitriles is 1. The fraction of sp³-hybridized carbons (Fsp3) is 0.700. The Bertz CT molecular complexity index is 664. The zero-order valence-electron chi connectivity index (χ0n) is 16.8. The van der Waals surface area contributed by atoms with Gasteiger partial charge in [-0.1, -0.05) is 13.8 Å². The third-order valence-corrected chi connectivity index (χ3v) is 5.24. The van der Waals surface area contributed by atoms with Crippen LogP contribution in [-0.4, -0.2) is 48.7 Å². The van der Waals surface area contributed by atoms with Crippen LogP contribution in [0.15, 0.2) is 0 Å². The molecule has 2 rings (SSSR count). The third-order valence-electron chi connectivity index (χ3n) is 5.24. The number of nitrogens with one attached hydrogen (secondary N) is 1. The Hall–Kier alpha value is -1.84. The summed E-state index contributed by atoms with van der Waals surface area (Å²) in [6, 6.07) is 2.26. The van der Waals surface area contributed by atoms with Crippen LogP contribution < -0.4 is 5.32 Å². The summed E-state index contributed by atoms with van der Waals surface area (Å²) in [6.07, 6.45) is 2.05. The molecule has 1 fully saturated rings. The Morgan fingerprint density at radius 2 is 1.96 bits per heavy atom. The molecule has 0 aliphatic carbocycles. The Morgan fingerprint density at radius 1 is 1.31 bits per heavy atom. The molecule has 0 radical (unpaired) electrons. The van der Waals surface area contributed by atoms with Gasteiger partial charge in [0.15, 0.2) is 0 Å². The van der Waals surface area contributed by atoms with Gasteiger partial charge in [-0.15, -0.1) is 0 Å². The first kappa shape index (κ1) is 20.5. The van der Waals surface area contributed by atoms with E-state index >= 15 is 0 Å². The zero-order valence-corrected chi connectivity index (χ0v) is 16.8. The van der Waals surface area contributed by atoms with E-state index in [1.807, 2.05) is 18.4 Å². The number of anilines is 1. The van der Waals surface area contributed by atoms with Gasteiger partial charge in [0.25, 0.3) is 0 Å². The lowest BCUT2D eigenvalue weighted by Crippen LogP contribution is -2.43. The molecule has 1 amide bonds. The van der Waals surface area contributed by atoms with Crippen molar-refractivity contribution in [3.05, 3.63) is 16.8 Å². The number of hydrogen-bond acceptors (Lipinski definition) is 4. The number of carbonyl (C=O) groups excluding carboxylic acids is 1. The van der Waals surface area contributed by atoms with Crippen molar-refractivity contribution < 1.29 is 9.53 Å². The van der Waals surface area contributed by atoms with Crippen LogP contribution in [0.1, 0.15) is 43.5 Å². The van der Waals surface area contributed by atoms with Crippen molar-refractivity contribution in [1.29, 1.82) is 5.26 Å². The summed E-state index contributed by atoms with van der Waals surface area (Å²) in [5.41, 5.74) is 2.52. The van der Waals surface area contributed by atoms with Gasteiger partial charge in [-0.25, -0.2) is 0 Å². The number of piperidine rings is 1. The molecular weight excluding hydrogens is 328 g/mol. The lowest BCUT2D eigenvalue weighted by Gasteiger charge is -2.34. The van der Waals surface area contributed by atoms with Crippen LogP contribution in [0.3, 0.4) is 0 Å². The van der Waals surface area contributed by atoms with Crippen LogP contribution in [0.25, 0.3) is 0 Å². The normalized spacial score (nSPS) is 20.8. The number of methoxy groups -OCH3 is 1. The first-order valence-electron chi connectivity index (χ1n) is 9.48. The lowest BCUT2D eigenvalue weighted by atomic mass is 9.92. The Labute approximate surface area is 157 Å². The van der Waals surface area contributed by atoms with Crippen molar-refractivity contribution in [1.82, 2.24) is 9.47 Å².